The molecule has 0 amide bonds. The van der Waals surface area contributed by atoms with Crippen LogP contribution in [0.25, 0.3) is 22.4 Å². The number of aryl methyl sites for hydroxylation is 1. The van der Waals surface area contributed by atoms with Crippen molar-refractivity contribution >= 4 is 6.29 Å². The Labute approximate surface area is 155 Å². The monoisotopic (exact) mass is 343 g/mol. The highest BCUT2D eigenvalue weighted by atomic mass is 16.1. The van der Waals surface area contributed by atoms with Crippen LogP contribution < -0.4 is 0 Å². The van der Waals surface area contributed by atoms with E-state index in [1.165, 1.54) is 31.2 Å². The van der Waals surface area contributed by atoms with Crippen LogP contribution in [-0.2, 0) is 6.42 Å². The minimum atomic E-state index is 0.681. The van der Waals surface area contributed by atoms with Crippen molar-refractivity contribution in [1.29, 1.82) is 0 Å². The molecule has 2 heteroatoms. The summed E-state index contributed by atoms with van der Waals surface area (Å²) in [6.45, 7) is 2.23. The molecule has 26 heavy (non-hydrogen) atoms. The number of aldehydes is 1. The molecule has 0 radical (unpaired) electrons. The van der Waals surface area contributed by atoms with E-state index in [-0.39, 0.29) is 0 Å². The molecular formula is C24H25NO. The average Bonchev–Trinajstić information content (AvgIpc) is 2.72. The molecule has 0 aliphatic carbocycles. The predicted octanol–water partition coefficient (Wildman–Crippen LogP) is 6.35. The van der Waals surface area contributed by atoms with Gasteiger partial charge in [-0.05, 0) is 41.7 Å². The van der Waals surface area contributed by atoms with Crippen molar-refractivity contribution in [2.45, 2.75) is 39.0 Å². The largest absolute Gasteiger partial charge is 0.298 e. The molecule has 2 aromatic carbocycles. The molecule has 3 aromatic rings. The van der Waals surface area contributed by atoms with Gasteiger partial charge in [0.2, 0.25) is 0 Å². The molecule has 2 nitrogen and oxygen atoms in total. The summed E-state index contributed by atoms with van der Waals surface area (Å²) in [6.07, 6.45) is 9.03. The molecule has 0 bridgehead atoms. The number of carbonyl (C=O) groups is 1. The second-order valence-electron chi connectivity index (χ2n) is 6.65. The Balaban J connectivity index is 1.88. The lowest BCUT2D eigenvalue weighted by Gasteiger charge is -2.11. The molecule has 1 aromatic heterocycles. The van der Waals surface area contributed by atoms with E-state index in [9.17, 15) is 4.79 Å². The van der Waals surface area contributed by atoms with Gasteiger partial charge in [0.15, 0.2) is 0 Å². The van der Waals surface area contributed by atoms with E-state index < -0.39 is 0 Å². The lowest BCUT2D eigenvalue weighted by Crippen LogP contribution is -1.93. The van der Waals surface area contributed by atoms with Crippen LogP contribution in [0.4, 0.5) is 0 Å². The summed E-state index contributed by atoms with van der Waals surface area (Å²) in [6, 6.07) is 20.2. The van der Waals surface area contributed by atoms with Crippen LogP contribution in [0.15, 0.2) is 66.9 Å². The molecule has 0 saturated carbocycles. The second kappa shape index (κ2) is 9.10. The van der Waals surface area contributed by atoms with Gasteiger partial charge in [-0.25, -0.2) is 0 Å². The van der Waals surface area contributed by atoms with E-state index in [0.29, 0.717) is 5.56 Å². The van der Waals surface area contributed by atoms with Crippen LogP contribution >= 0.6 is 0 Å². The zero-order valence-electron chi connectivity index (χ0n) is 15.3. The standard InChI is InChI=1S/C24H25NO/c1-2-3-4-6-9-19-13-15-24(25-17-19)22-14-12-20(18-26)16-23(22)21-10-7-5-8-11-21/h5,7-8,10-18H,2-4,6,9H2,1H3. The Morgan fingerprint density at radius 3 is 2.42 bits per heavy atom. The first-order valence-electron chi connectivity index (χ1n) is 9.41. The molecule has 0 fully saturated rings. The highest BCUT2D eigenvalue weighted by Crippen LogP contribution is 2.31. The molecule has 0 spiro atoms. The van der Waals surface area contributed by atoms with E-state index in [2.05, 4.69) is 31.2 Å². The van der Waals surface area contributed by atoms with Crippen molar-refractivity contribution in [1.82, 2.24) is 4.98 Å². The van der Waals surface area contributed by atoms with Gasteiger partial charge in [0, 0.05) is 17.3 Å². The predicted molar refractivity (Wildman–Crippen MR) is 108 cm³/mol. The summed E-state index contributed by atoms with van der Waals surface area (Å²) in [4.78, 5) is 15.9. The van der Waals surface area contributed by atoms with Gasteiger partial charge >= 0.3 is 0 Å². The van der Waals surface area contributed by atoms with E-state index in [1.807, 2.05) is 42.6 Å². The fourth-order valence-electron chi connectivity index (χ4n) is 3.20. The molecule has 0 saturated heterocycles. The van der Waals surface area contributed by atoms with Crippen LogP contribution in [0.1, 0.15) is 48.5 Å². The number of nitrogens with zero attached hydrogens (tertiary/aromatic N) is 1. The first kappa shape index (κ1) is 18.1. The Hall–Kier alpha value is -2.74. The molecule has 0 atom stereocenters. The summed E-state index contributed by atoms with van der Waals surface area (Å²) >= 11 is 0. The Morgan fingerprint density at radius 1 is 0.885 bits per heavy atom. The fourth-order valence-corrected chi connectivity index (χ4v) is 3.20. The van der Waals surface area contributed by atoms with Crippen LogP contribution in [-0.4, -0.2) is 11.3 Å². The summed E-state index contributed by atoms with van der Waals surface area (Å²) in [5.74, 6) is 0. The molecule has 0 aliphatic heterocycles. The Kier molecular flexibility index (Phi) is 6.32. The van der Waals surface area contributed by atoms with Gasteiger partial charge in [-0.1, -0.05) is 74.7 Å². The van der Waals surface area contributed by atoms with Crippen molar-refractivity contribution in [3.8, 4) is 22.4 Å². The molecule has 0 N–H and O–H groups in total. The number of pyridine rings is 1. The zero-order valence-corrected chi connectivity index (χ0v) is 15.3. The number of hydrogen-bond donors (Lipinski definition) is 0. The highest BCUT2D eigenvalue weighted by molar-refractivity contribution is 5.87. The topological polar surface area (TPSA) is 30.0 Å². The summed E-state index contributed by atoms with van der Waals surface area (Å²) in [5, 5.41) is 0. The Bertz CT molecular complexity index is 838. The number of unbranched alkanes of at least 4 members (excludes halogenated alkanes) is 3. The van der Waals surface area contributed by atoms with Crippen molar-refractivity contribution in [3.63, 3.8) is 0 Å². The Morgan fingerprint density at radius 2 is 1.73 bits per heavy atom. The normalized spacial score (nSPS) is 10.7. The lowest BCUT2D eigenvalue weighted by molar-refractivity contribution is 0.112. The molecule has 0 unspecified atom stereocenters. The number of aromatic nitrogens is 1. The molecule has 3 rings (SSSR count). The van der Waals surface area contributed by atoms with Crippen molar-refractivity contribution in [2.75, 3.05) is 0 Å². The van der Waals surface area contributed by atoms with E-state index in [1.54, 1.807) is 0 Å². The maximum atomic E-state index is 11.2. The minimum Gasteiger partial charge on any atom is -0.298 e. The third-order valence-corrected chi connectivity index (χ3v) is 4.68. The van der Waals surface area contributed by atoms with Crippen molar-refractivity contribution < 1.29 is 4.79 Å². The van der Waals surface area contributed by atoms with Crippen molar-refractivity contribution in [2.24, 2.45) is 0 Å². The average molecular weight is 343 g/mol. The third kappa shape index (κ3) is 4.45. The maximum absolute atomic E-state index is 11.2. The van der Waals surface area contributed by atoms with Crippen LogP contribution in [0.2, 0.25) is 0 Å². The molecule has 132 valence electrons. The van der Waals surface area contributed by atoms with Gasteiger partial charge in [-0.2, -0.15) is 0 Å². The van der Waals surface area contributed by atoms with E-state index >= 15 is 0 Å². The van der Waals surface area contributed by atoms with Gasteiger partial charge in [-0.3, -0.25) is 9.78 Å². The molecule has 0 aliphatic rings. The number of benzene rings is 2. The SMILES string of the molecule is CCCCCCc1ccc(-c2ccc(C=O)cc2-c2ccccc2)nc1. The third-order valence-electron chi connectivity index (χ3n) is 4.68. The van der Waals surface area contributed by atoms with E-state index in [4.69, 9.17) is 4.98 Å². The van der Waals surface area contributed by atoms with Gasteiger partial charge in [-0.15, -0.1) is 0 Å². The number of rotatable bonds is 8. The number of carbonyl (C=O) groups excluding carboxylic acids is 1. The minimum absolute atomic E-state index is 0.681. The first-order chi connectivity index (χ1) is 12.8. The summed E-state index contributed by atoms with van der Waals surface area (Å²) in [7, 11) is 0. The summed E-state index contributed by atoms with van der Waals surface area (Å²) in [5.41, 5.74) is 6.10. The van der Waals surface area contributed by atoms with Gasteiger partial charge in [0.05, 0.1) is 5.69 Å². The quantitative estimate of drug-likeness (QED) is 0.352. The summed E-state index contributed by atoms with van der Waals surface area (Å²) < 4.78 is 0. The highest BCUT2D eigenvalue weighted by Gasteiger charge is 2.10. The fraction of sp³-hybridized carbons (Fsp3) is 0.250. The van der Waals surface area contributed by atoms with Crippen LogP contribution in [0.3, 0.4) is 0 Å². The second-order valence-corrected chi connectivity index (χ2v) is 6.65. The molecule has 1 heterocycles. The first-order valence-corrected chi connectivity index (χ1v) is 9.41. The van der Waals surface area contributed by atoms with Crippen LogP contribution in [0.5, 0.6) is 0 Å². The van der Waals surface area contributed by atoms with Gasteiger partial charge in [0.25, 0.3) is 0 Å². The lowest BCUT2D eigenvalue weighted by atomic mass is 9.95. The molecular weight excluding hydrogens is 318 g/mol. The van der Waals surface area contributed by atoms with Gasteiger partial charge in [0.1, 0.15) is 6.29 Å². The van der Waals surface area contributed by atoms with Gasteiger partial charge < -0.3 is 0 Å². The number of hydrogen-bond acceptors (Lipinski definition) is 2. The van der Waals surface area contributed by atoms with Crippen molar-refractivity contribution in [3.05, 3.63) is 78.0 Å². The smallest absolute Gasteiger partial charge is 0.150 e. The van der Waals surface area contributed by atoms with Crippen LogP contribution in [0, 0.1) is 0 Å². The van der Waals surface area contributed by atoms with E-state index in [0.717, 1.165) is 35.1 Å². The zero-order chi connectivity index (χ0) is 18.2. The maximum Gasteiger partial charge on any atom is 0.150 e.